The third-order valence-corrected chi connectivity index (χ3v) is 4.57. The molecular weight excluding hydrogens is 406 g/mol. The Hall–Kier alpha value is -4.13. The van der Waals surface area contributed by atoms with E-state index in [0.717, 1.165) is 22.4 Å². The topological polar surface area (TPSA) is 89.0 Å². The Labute approximate surface area is 187 Å². The molecule has 0 saturated carbocycles. The number of hydrogen-bond acceptors (Lipinski definition) is 5. The molecule has 2 amide bonds. The Balaban J connectivity index is 1.43. The molecule has 0 heterocycles. The number of carbonyl (C=O) groups excluding carboxylic acids is 2. The van der Waals surface area contributed by atoms with Crippen molar-refractivity contribution in [1.29, 1.82) is 0 Å². The summed E-state index contributed by atoms with van der Waals surface area (Å²) in [5.41, 5.74) is 5.88. The van der Waals surface area contributed by atoms with Crippen molar-refractivity contribution in [3.8, 4) is 11.5 Å². The Kier molecular flexibility index (Phi) is 7.97. The number of methoxy groups -OCH3 is 1. The van der Waals surface area contributed by atoms with Crippen LogP contribution in [0, 0.1) is 6.92 Å². The summed E-state index contributed by atoms with van der Waals surface area (Å²) in [6.07, 6.45) is 1.74. The van der Waals surface area contributed by atoms with Gasteiger partial charge in [0.05, 0.1) is 19.7 Å². The second kappa shape index (κ2) is 11.3. The molecule has 0 fully saturated rings. The van der Waals surface area contributed by atoms with E-state index in [1.165, 1.54) is 6.21 Å². The van der Waals surface area contributed by atoms with Crippen LogP contribution in [-0.2, 0) is 16.0 Å². The van der Waals surface area contributed by atoms with Crippen LogP contribution in [0.5, 0.6) is 11.5 Å². The lowest BCUT2D eigenvalue weighted by Crippen LogP contribution is -2.20. The van der Waals surface area contributed by atoms with Gasteiger partial charge in [-0.2, -0.15) is 5.10 Å². The molecule has 0 aromatic heterocycles. The van der Waals surface area contributed by atoms with Crippen molar-refractivity contribution >= 4 is 23.7 Å². The lowest BCUT2D eigenvalue weighted by Gasteiger charge is -2.09. The van der Waals surface area contributed by atoms with Gasteiger partial charge in [0.25, 0.3) is 5.91 Å². The standard InChI is InChI=1S/C25H25N3O4/c1-18-6-3-4-9-23(18)27-25(30)17-32-21-12-10-19(11-13-21)16-26-28-24(29)15-20-7-5-8-22(14-20)31-2/h3-14,16H,15,17H2,1-2H3,(H,27,30)(H,28,29)/b26-16+. The van der Waals surface area contributed by atoms with Crippen molar-refractivity contribution in [2.24, 2.45) is 5.10 Å². The first-order chi connectivity index (χ1) is 15.5. The fourth-order valence-corrected chi connectivity index (χ4v) is 2.88. The van der Waals surface area contributed by atoms with Crippen molar-refractivity contribution in [1.82, 2.24) is 5.43 Å². The summed E-state index contributed by atoms with van der Waals surface area (Å²) in [6.45, 7) is 1.83. The number of nitrogens with zero attached hydrogens (tertiary/aromatic N) is 1. The molecule has 3 aromatic rings. The molecular formula is C25H25N3O4. The number of rotatable bonds is 9. The first kappa shape index (κ1) is 22.6. The predicted octanol–water partition coefficient (Wildman–Crippen LogP) is 3.71. The van der Waals surface area contributed by atoms with Crippen LogP contribution in [0.3, 0.4) is 0 Å². The van der Waals surface area contributed by atoms with Crippen LogP contribution in [-0.4, -0.2) is 31.7 Å². The van der Waals surface area contributed by atoms with E-state index in [1.54, 1.807) is 31.4 Å². The lowest BCUT2D eigenvalue weighted by molar-refractivity contribution is -0.120. The molecule has 7 nitrogen and oxygen atoms in total. The van der Waals surface area contributed by atoms with Crippen LogP contribution >= 0.6 is 0 Å². The maximum Gasteiger partial charge on any atom is 0.262 e. The molecule has 32 heavy (non-hydrogen) atoms. The monoisotopic (exact) mass is 431 g/mol. The molecule has 0 aliphatic rings. The zero-order valence-electron chi connectivity index (χ0n) is 18.0. The number of para-hydroxylation sites is 1. The van der Waals surface area contributed by atoms with Gasteiger partial charge in [-0.15, -0.1) is 0 Å². The highest BCUT2D eigenvalue weighted by Gasteiger charge is 2.06. The summed E-state index contributed by atoms with van der Waals surface area (Å²) in [4.78, 5) is 24.1. The van der Waals surface area contributed by atoms with Crippen molar-refractivity contribution in [3.63, 3.8) is 0 Å². The zero-order chi connectivity index (χ0) is 22.8. The predicted molar refractivity (Wildman–Crippen MR) is 124 cm³/mol. The average molecular weight is 431 g/mol. The van der Waals surface area contributed by atoms with Crippen molar-refractivity contribution in [3.05, 3.63) is 89.5 Å². The minimum Gasteiger partial charge on any atom is -0.497 e. The Morgan fingerprint density at radius 2 is 1.72 bits per heavy atom. The molecule has 0 aliphatic heterocycles. The number of aryl methyl sites for hydroxylation is 1. The number of hydrazone groups is 1. The quantitative estimate of drug-likeness (QED) is 0.399. The van der Waals surface area contributed by atoms with E-state index in [0.29, 0.717) is 11.5 Å². The Bertz CT molecular complexity index is 1090. The van der Waals surface area contributed by atoms with Gasteiger partial charge >= 0.3 is 0 Å². The summed E-state index contributed by atoms with van der Waals surface area (Å²) in [6, 6.07) is 21.9. The molecule has 0 radical (unpaired) electrons. The van der Waals surface area contributed by atoms with Crippen LogP contribution in [0.1, 0.15) is 16.7 Å². The van der Waals surface area contributed by atoms with Gasteiger partial charge in [-0.1, -0.05) is 30.3 Å². The fourth-order valence-electron chi connectivity index (χ4n) is 2.88. The van der Waals surface area contributed by atoms with E-state index in [9.17, 15) is 9.59 Å². The van der Waals surface area contributed by atoms with E-state index in [1.807, 2.05) is 55.5 Å². The largest absolute Gasteiger partial charge is 0.497 e. The molecule has 164 valence electrons. The molecule has 3 aromatic carbocycles. The molecule has 0 atom stereocenters. The third kappa shape index (κ3) is 6.98. The van der Waals surface area contributed by atoms with Gasteiger partial charge in [-0.3, -0.25) is 9.59 Å². The zero-order valence-corrected chi connectivity index (χ0v) is 18.0. The first-order valence-electron chi connectivity index (χ1n) is 10.1. The Morgan fingerprint density at radius 3 is 2.47 bits per heavy atom. The highest BCUT2D eigenvalue weighted by Crippen LogP contribution is 2.15. The van der Waals surface area contributed by atoms with E-state index < -0.39 is 0 Å². The summed E-state index contributed by atoms with van der Waals surface area (Å²) in [7, 11) is 1.58. The smallest absolute Gasteiger partial charge is 0.262 e. The van der Waals surface area contributed by atoms with Gasteiger partial charge in [0.1, 0.15) is 11.5 Å². The molecule has 0 aliphatic carbocycles. The maximum absolute atomic E-state index is 12.1. The van der Waals surface area contributed by atoms with Gasteiger partial charge in [0, 0.05) is 5.69 Å². The SMILES string of the molecule is COc1cccc(CC(=O)N/N=C/c2ccc(OCC(=O)Nc3ccccc3C)cc2)c1. The highest BCUT2D eigenvalue weighted by molar-refractivity contribution is 5.92. The number of nitrogens with one attached hydrogen (secondary N) is 2. The summed E-state index contributed by atoms with van der Waals surface area (Å²) < 4.78 is 10.7. The molecule has 0 unspecified atom stereocenters. The van der Waals surface area contributed by atoms with Gasteiger partial charge in [0.2, 0.25) is 5.91 Å². The number of carbonyl (C=O) groups is 2. The normalized spacial score (nSPS) is 10.6. The van der Waals surface area contributed by atoms with Gasteiger partial charge in [0.15, 0.2) is 6.61 Å². The number of ether oxygens (including phenoxy) is 2. The average Bonchev–Trinajstić information content (AvgIpc) is 2.80. The molecule has 3 rings (SSSR count). The van der Waals surface area contributed by atoms with Crippen LogP contribution < -0.4 is 20.2 Å². The van der Waals surface area contributed by atoms with E-state index in [-0.39, 0.29) is 24.8 Å². The third-order valence-electron chi connectivity index (χ3n) is 4.57. The van der Waals surface area contributed by atoms with Gasteiger partial charge < -0.3 is 14.8 Å². The summed E-state index contributed by atoms with van der Waals surface area (Å²) in [5.74, 6) is 0.802. The minimum absolute atomic E-state index is 0.0951. The van der Waals surface area contributed by atoms with E-state index >= 15 is 0 Å². The molecule has 0 bridgehead atoms. The highest BCUT2D eigenvalue weighted by atomic mass is 16.5. The summed E-state index contributed by atoms with van der Waals surface area (Å²) in [5, 5.41) is 6.80. The maximum atomic E-state index is 12.1. The molecule has 7 heteroatoms. The van der Waals surface area contributed by atoms with E-state index in [2.05, 4.69) is 15.8 Å². The van der Waals surface area contributed by atoms with Crippen molar-refractivity contribution in [2.45, 2.75) is 13.3 Å². The van der Waals surface area contributed by atoms with Crippen molar-refractivity contribution in [2.75, 3.05) is 19.0 Å². The van der Waals surface area contributed by atoms with Crippen LogP contribution in [0.25, 0.3) is 0 Å². The van der Waals surface area contributed by atoms with Crippen LogP contribution in [0.2, 0.25) is 0 Å². The number of hydrogen-bond donors (Lipinski definition) is 2. The lowest BCUT2D eigenvalue weighted by atomic mass is 10.1. The van der Waals surface area contributed by atoms with Gasteiger partial charge in [-0.25, -0.2) is 5.43 Å². The molecule has 2 N–H and O–H groups in total. The second-order valence-electron chi connectivity index (χ2n) is 7.04. The fraction of sp³-hybridized carbons (Fsp3) is 0.160. The second-order valence-corrected chi connectivity index (χ2v) is 7.04. The minimum atomic E-state index is -0.233. The molecule has 0 saturated heterocycles. The number of amides is 2. The number of anilines is 1. The van der Waals surface area contributed by atoms with Gasteiger partial charge in [-0.05, 0) is 66.1 Å². The van der Waals surface area contributed by atoms with Crippen LogP contribution in [0.15, 0.2) is 77.9 Å². The van der Waals surface area contributed by atoms with E-state index in [4.69, 9.17) is 9.47 Å². The number of benzene rings is 3. The van der Waals surface area contributed by atoms with Crippen molar-refractivity contribution < 1.29 is 19.1 Å². The summed E-state index contributed by atoms with van der Waals surface area (Å²) >= 11 is 0. The Morgan fingerprint density at radius 1 is 0.938 bits per heavy atom. The first-order valence-corrected chi connectivity index (χ1v) is 10.1. The molecule has 0 spiro atoms. The van der Waals surface area contributed by atoms with Crippen LogP contribution in [0.4, 0.5) is 5.69 Å².